The van der Waals surface area contributed by atoms with E-state index in [0.29, 0.717) is 24.9 Å². The fraction of sp³-hybridized carbons (Fsp3) is 0.400. The summed E-state index contributed by atoms with van der Waals surface area (Å²) in [6.45, 7) is 4.07. The predicted molar refractivity (Wildman–Crippen MR) is 104 cm³/mol. The van der Waals surface area contributed by atoms with Crippen molar-refractivity contribution < 1.29 is 8.42 Å². The summed E-state index contributed by atoms with van der Waals surface area (Å²) in [6.07, 6.45) is 0. The standard InChI is InChI=1S/C20H23ClN2O2S/c21-20-8-4-7-17(9-20)10-22-11-18-13-23(14-19(18)12-22)26(24,25)15-16-5-2-1-3-6-16/h1-9,18-19H,10-15H2/t18-,19+. The van der Waals surface area contributed by atoms with Crippen molar-refractivity contribution in [1.29, 1.82) is 0 Å². The smallest absolute Gasteiger partial charge is 0.218 e. The molecule has 0 saturated carbocycles. The van der Waals surface area contributed by atoms with E-state index in [1.807, 2.05) is 48.5 Å². The Kier molecular flexibility index (Phi) is 5.06. The van der Waals surface area contributed by atoms with Gasteiger partial charge >= 0.3 is 0 Å². The van der Waals surface area contributed by atoms with Gasteiger partial charge in [0.2, 0.25) is 10.0 Å². The zero-order chi connectivity index (χ0) is 18.1. The Bertz CT molecular complexity index is 858. The lowest BCUT2D eigenvalue weighted by molar-refractivity contribution is 0.289. The van der Waals surface area contributed by atoms with Gasteiger partial charge in [0.15, 0.2) is 0 Å². The van der Waals surface area contributed by atoms with Crippen LogP contribution in [0.3, 0.4) is 0 Å². The molecule has 0 N–H and O–H groups in total. The van der Waals surface area contributed by atoms with Crippen LogP contribution >= 0.6 is 11.6 Å². The van der Waals surface area contributed by atoms with Crippen molar-refractivity contribution in [3.63, 3.8) is 0 Å². The number of nitrogens with zero attached hydrogens (tertiary/aromatic N) is 2. The van der Waals surface area contributed by atoms with Crippen molar-refractivity contribution in [2.45, 2.75) is 12.3 Å². The van der Waals surface area contributed by atoms with Gasteiger partial charge < -0.3 is 0 Å². The molecule has 4 rings (SSSR count). The molecule has 2 heterocycles. The minimum atomic E-state index is -3.24. The van der Waals surface area contributed by atoms with E-state index in [1.165, 1.54) is 5.56 Å². The first kappa shape index (κ1) is 18.0. The van der Waals surface area contributed by atoms with Gasteiger partial charge in [0.25, 0.3) is 0 Å². The topological polar surface area (TPSA) is 40.6 Å². The summed E-state index contributed by atoms with van der Waals surface area (Å²) in [5, 5.41) is 0.764. The van der Waals surface area contributed by atoms with Crippen LogP contribution in [0.1, 0.15) is 11.1 Å². The molecule has 0 unspecified atom stereocenters. The van der Waals surface area contributed by atoms with Crippen LogP contribution in [-0.2, 0) is 22.3 Å². The quantitative estimate of drug-likeness (QED) is 0.786. The first-order valence-electron chi connectivity index (χ1n) is 8.98. The number of fused-ring (bicyclic) bond motifs is 1. The summed E-state index contributed by atoms with van der Waals surface area (Å²) >= 11 is 6.07. The van der Waals surface area contributed by atoms with Crippen LogP contribution in [0.5, 0.6) is 0 Å². The highest BCUT2D eigenvalue weighted by molar-refractivity contribution is 7.88. The molecule has 0 aromatic heterocycles. The second-order valence-corrected chi connectivity index (χ2v) is 9.81. The molecule has 2 aromatic rings. The van der Waals surface area contributed by atoms with E-state index in [2.05, 4.69) is 11.0 Å². The zero-order valence-electron chi connectivity index (χ0n) is 14.6. The van der Waals surface area contributed by atoms with Crippen molar-refractivity contribution in [3.05, 3.63) is 70.7 Å². The molecule has 138 valence electrons. The van der Waals surface area contributed by atoms with E-state index in [9.17, 15) is 8.42 Å². The van der Waals surface area contributed by atoms with Gasteiger partial charge in [-0.3, -0.25) is 4.90 Å². The Labute approximate surface area is 160 Å². The summed E-state index contributed by atoms with van der Waals surface area (Å²) in [6, 6.07) is 17.4. The van der Waals surface area contributed by atoms with Gasteiger partial charge in [0.1, 0.15) is 0 Å². The third kappa shape index (κ3) is 3.96. The maximum Gasteiger partial charge on any atom is 0.218 e. The maximum absolute atomic E-state index is 12.7. The van der Waals surface area contributed by atoms with Crippen LogP contribution < -0.4 is 0 Å². The molecule has 0 radical (unpaired) electrons. The summed E-state index contributed by atoms with van der Waals surface area (Å²) in [4.78, 5) is 2.42. The van der Waals surface area contributed by atoms with Crippen molar-refractivity contribution in [1.82, 2.24) is 9.21 Å². The molecule has 2 fully saturated rings. The molecule has 4 nitrogen and oxygen atoms in total. The Hall–Kier alpha value is -1.40. The number of rotatable bonds is 5. The van der Waals surface area contributed by atoms with Gasteiger partial charge in [-0.05, 0) is 35.1 Å². The van der Waals surface area contributed by atoms with Gasteiger partial charge in [-0.25, -0.2) is 12.7 Å². The normalized spacial score (nSPS) is 24.0. The minimum absolute atomic E-state index is 0.0967. The third-order valence-electron chi connectivity index (χ3n) is 5.41. The fourth-order valence-electron chi connectivity index (χ4n) is 4.17. The fourth-order valence-corrected chi connectivity index (χ4v) is 6.02. The average molecular weight is 391 g/mol. The van der Waals surface area contributed by atoms with E-state index in [-0.39, 0.29) is 5.75 Å². The Morgan fingerprint density at radius 1 is 0.885 bits per heavy atom. The van der Waals surface area contributed by atoms with Crippen LogP contribution in [0, 0.1) is 11.8 Å². The molecule has 2 atom stereocenters. The van der Waals surface area contributed by atoms with Crippen molar-refractivity contribution in [2.75, 3.05) is 26.2 Å². The molecule has 2 aromatic carbocycles. The van der Waals surface area contributed by atoms with Crippen molar-refractivity contribution in [3.8, 4) is 0 Å². The molecule has 0 aliphatic carbocycles. The van der Waals surface area contributed by atoms with Crippen LogP contribution in [0.25, 0.3) is 0 Å². The lowest BCUT2D eigenvalue weighted by atomic mass is 10.0. The number of likely N-dealkylation sites (tertiary alicyclic amines) is 1. The van der Waals surface area contributed by atoms with Gasteiger partial charge in [-0.2, -0.15) is 0 Å². The largest absolute Gasteiger partial charge is 0.298 e. The van der Waals surface area contributed by atoms with Gasteiger partial charge in [-0.15, -0.1) is 0 Å². The van der Waals surface area contributed by atoms with Crippen molar-refractivity contribution >= 4 is 21.6 Å². The third-order valence-corrected chi connectivity index (χ3v) is 7.43. The van der Waals surface area contributed by atoms with E-state index < -0.39 is 10.0 Å². The Balaban J connectivity index is 1.36. The first-order chi connectivity index (χ1) is 12.5. The first-order valence-corrected chi connectivity index (χ1v) is 11.0. The zero-order valence-corrected chi connectivity index (χ0v) is 16.2. The van der Waals surface area contributed by atoms with E-state index in [0.717, 1.165) is 30.2 Å². The molecule has 6 heteroatoms. The number of hydrogen-bond donors (Lipinski definition) is 0. The lowest BCUT2D eigenvalue weighted by Gasteiger charge is -2.21. The number of benzene rings is 2. The number of halogens is 1. The highest BCUT2D eigenvalue weighted by Gasteiger charge is 2.43. The molecule has 26 heavy (non-hydrogen) atoms. The highest BCUT2D eigenvalue weighted by Crippen LogP contribution is 2.34. The number of hydrogen-bond acceptors (Lipinski definition) is 3. The number of sulfonamides is 1. The highest BCUT2D eigenvalue weighted by atomic mass is 35.5. The minimum Gasteiger partial charge on any atom is -0.298 e. The summed E-state index contributed by atoms with van der Waals surface area (Å²) in [5.74, 6) is 0.957. The average Bonchev–Trinajstić information content (AvgIpc) is 3.14. The van der Waals surface area contributed by atoms with Gasteiger partial charge in [0.05, 0.1) is 5.75 Å². The molecule has 0 bridgehead atoms. The van der Waals surface area contributed by atoms with Crippen LogP contribution in [-0.4, -0.2) is 43.8 Å². The Morgan fingerprint density at radius 3 is 2.19 bits per heavy atom. The monoisotopic (exact) mass is 390 g/mol. The predicted octanol–water partition coefficient (Wildman–Crippen LogP) is 3.23. The van der Waals surface area contributed by atoms with Crippen LogP contribution in [0.4, 0.5) is 0 Å². The SMILES string of the molecule is O=S(=O)(Cc1ccccc1)N1C[C@H]2CN(Cc3cccc(Cl)c3)C[C@H]2C1. The Morgan fingerprint density at radius 2 is 1.54 bits per heavy atom. The van der Waals surface area contributed by atoms with Gasteiger partial charge in [-0.1, -0.05) is 54.1 Å². The van der Waals surface area contributed by atoms with Crippen LogP contribution in [0.15, 0.2) is 54.6 Å². The van der Waals surface area contributed by atoms with E-state index >= 15 is 0 Å². The van der Waals surface area contributed by atoms with E-state index in [1.54, 1.807) is 4.31 Å². The lowest BCUT2D eigenvalue weighted by Crippen LogP contribution is -2.34. The molecule has 0 spiro atoms. The van der Waals surface area contributed by atoms with Crippen LogP contribution in [0.2, 0.25) is 5.02 Å². The molecular formula is C20H23ClN2O2S. The summed E-state index contributed by atoms with van der Waals surface area (Å²) in [7, 11) is -3.24. The maximum atomic E-state index is 12.7. The second kappa shape index (κ2) is 7.31. The molecular weight excluding hydrogens is 368 g/mol. The van der Waals surface area contributed by atoms with Crippen molar-refractivity contribution in [2.24, 2.45) is 11.8 Å². The molecule has 2 saturated heterocycles. The van der Waals surface area contributed by atoms with E-state index in [4.69, 9.17) is 11.6 Å². The summed E-state index contributed by atoms with van der Waals surface area (Å²) < 4.78 is 27.2. The molecule has 2 aliphatic heterocycles. The molecule has 0 amide bonds. The van der Waals surface area contributed by atoms with Gasteiger partial charge in [0, 0.05) is 37.7 Å². The second-order valence-electron chi connectivity index (χ2n) is 7.40. The summed E-state index contributed by atoms with van der Waals surface area (Å²) in [5.41, 5.74) is 2.07. The molecule has 2 aliphatic rings.